The third-order valence-corrected chi connectivity index (χ3v) is 10.4. The van der Waals surface area contributed by atoms with Gasteiger partial charge in [0.05, 0.1) is 24.5 Å². The summed E-state index contributed by atoms with van der Waals surface area (Å²) in [5, 5.41) is 28.9. The minimum absolute atomic E-state index is 0.0251. The second-order valence-corrected chi connectivity index (χ2v) is 14.9. The summed E-state index contributed by atoms with van der Waals surface area (Å²) in [6.07, 6.45) is 2.83. The van der Waals surface area contributed by atoms with Crippen LogP contribution < -0.4 is 21.7 Å². The lowest BCUT2D eigenvalue weighted by molar-refractivity contribution is -0.145. The molecule has 294 valence electrons. The minimum atomic E-state index is -1.55. The van der Waals surface area contributed by atoms with Crippen molar-refractivity contribution in [2.75, 3.05) is 13.1 Å². The van der Waals surface area contributed by atoms with Crippen molar-refractivity contribution in [3.63, 3.8) is 0 Å². The van der Waals surface area contributed by atoms with Gasteiger partial charge in [-0.2, -0.15) is 0 Å². The molecule has 2 heterocycles. The van der Waals surface area contributed by atoms with Gasteiger partial charge in [-0.3, -0.25) is 24.0 Å². The third-order valence-electron chi connectivity index (χ3n) is 10.4. The van der Waals surface area contributed by atoms with E-state index in [0.29, 0.717) is 18.5 Å². The zero-order valence-corrected chi connectivity index (χ0v) is 31.3. The van der Waals surface area contributed by atoms with Gasteiger partial charge in [0, 0.05) is 18.5 Å². The van der Waals surface area contributed by atoms with Gasteiger partial charge in [-0.25, -0.2) is 9.48 Å². The van der Waals surface area contributed by atoms with Crippen LogP contribution in [-0.4, -0.2) is 91.2 Å². The molecule has 6 rings (SSSR count). The van der Waals surface area contributed by atoms with Crippen LogP contribution in [0.1, 0.15) is 80.0 Å². The van der Waals surface area contributed by atoms with Gasteiger partial charge in [0.2, 0.25) is 17.6 Å². The predicted molar refractivity (Wildman–Crippen MR) is 202 cm³/mol. The number of ketones is 1. The summed E-state index contributed by atoms with van der Waals surface area (Å²) in [4.78, 5) is 82.5. The molecule has 1 saturated heterocycles. The monoisotopic (exact) mass is 766 g/mol. The Hall–Kier alpha value is -6.16. The van der Waals surface area contributed by atoms with E-state index in [9.17, 15) is 33.9 Å². The number of nitrogens with one attached hydrogen (secondary N) is 3. The average Bonchev–Trinajstić information content (AvgIpc) is 3.87. The Balaban J connectivity index is 1.31. The number of benzene rings is 3. The van der Waals surface area contributed by atoms with E-state index in [-0.39, 0.29) is 38.0 Å². The number of primary amides is 1. The summed E-state index contributed by atoms with van der Waals surface area (Å²) in [6.45, 7) is 2.52. The van der Waals surface area contributed by atoms with Crippen molar-refractivity contribution in [1.29, 1.82) is 0 Å². The Morgan fingerprint density at radius 2 is 1.66 bits per heavy atom. The molecular formula is C40H46N8O8. The number of likely N-dealkylation sites (tertiary alicyclic amines) is 1. The molecule has 1 saturated carbocycles. The maximum atomic E-state index is 14.7. The van der Waals surface area contributed by atoms with E-state index in [1.54, 1.807) is 56.3 Å². The van der Waals surface area contributed by atoms with Gasteiger partial charge in [0.15, 0.2) is 0 Å². The Labute approximate surface area is 323 Å². The van der Waals surface area contributed by atoms with Gasteiger partial charge in [-0.15, -0.1) is 5.10 Å². The molecule has 4 aromatic rings. The minimum Gasteiger partial charge on any atom is -0.445 e. The van der Waals surface area contributed by atoms with Gasteiger partial charge in [-0.1, -0.05) is 85.1 Å². The van der Waals surface area contributed by atoms with Gasteiger partial charge in [-0.05, 0) is 55.2 Å². The maximum absolute atomic E-state index is 14.7. The van der Waals surface area contributed by atoms with Crippen LogP contribution in [0.15, 0.2) is 79.0 Å². The second kappa shape index (κ2) is 16.7. The highest BCUT2D eigenvalue weighted by molar-refractivity contribution is 6.39. The molecule has 0 unspecified atom stereocenters. The van der Waals surface area contributed by atoms with E-state index in [1.807, 2.05) is 30.3 Å². The summed E-state index contributed by atoms with van der Waals surface area (Å²) in [5.41, 5.74) is 3.82. The smallest absolute Gasteiger partial charge is 0.407 e. The fraction of sp³-hybridized carbons (Fsp3) is 0.400. The molecule has 3 aromatic carbocycles. The summed E-state index contributed by atoms with van der Waals surface area (Å²) in [6, 6.07) is 18.2. The van der Waals surface area contributed by atoms with Crippen LogP contribution in [0.2, 0.25) is 0 Å². The number of rotatable bonds is 13. The van der Waals surface area contributed by atoms with Crippen LogP contribution in [0.5, 0.6) is 0 Å². The Morgan fingerprint density at radius 1 is 0.964 bits per heavy atom. The number of aromatic nitrogens is 3. The molecule has 3 atom stereocenters. The molecule has 6 N–H and O–H groups in total. The van der Waals surface area contributed by atoms with Crippen LogP contribution in [0.25, 0.3) is 10.8 Å². The maximum Gasteiger partial charge on any atom is 0.407 e. The lowest BCUT2D eigenvalue weighted by Gasteiger charge is -2.37. The molecule has 1 aliphatic carbocycles. The number of alkyl carbamates (subject to hydrolysis) is 1. The van der Waals surface area contributed by atoms with Gasteiger partial charge < -0.3 is 36.4 Å². The highest BCUT2D eigenvalue weighted by Gasteiger charge is 2.49. The predicted octanol–water partition coefficient (Wildman–Crippen LogP) is 2.40. The lowest BCUT2D eigenvalue weighted by Crippen LogP contribution is -2.63. The summed E-state index contributed by atoms with van der Waals surface area (Å²) in [7, 11) is 0. The van der Waals surface area contributed by atoms with Crippen molar-refractivity contribution in [2.24, 2.45) is 5.73 Å². The quantitative estimate of drug-likeness (QED) is 0.125. The zero-order valence-electron chi connectivity index (χ0n) is 31.3. The third kappa shape index (κ3) is 8.86. The fourth-order valence-corrected chi connectivity index (χ4v) is 7.49. The highest BCUT2D eigenvalue weighted by atomic mass is 16.5. The molecule has 1 aromatic heterocycles. The number of aliphatic hydroxyl groups is 1. The van der Waals surface area contributed by atoms with Gasteiger partial charge >= 0.3 is 6.09 Å². The molecule has 1 aliphatic heterocycles. The van der Waals surface area contributed by atoms with Crippen molar-refractivity contribution in [1.82, 2.24) is 35.8 Å². The topological polar surface area (TPSA) is 228 Å². The highest BCUT2D eigenvalue weighted by Crippen LogP contribution is 2.34. The molecule has 5 amide bonds. The zero-order chi connectivity index (χ0) is 40.0. The molecular weight excluding hydrogens is 720 g/mol. The van der Waals surface area contributed by atoms with Crippen molar-refractivity contribution >= 4 is 46.3 Å². The molecule has 2 aliphatic rings. The Morgan fingerprint density at radius 3 is 2.36 bits per heavy atom. The van der Waals surface area contributed by atoms with Crippen LogP contribution in [0.4, 0.5) is 4.79 Å². The first-order valence-corrected chi connectivity index (χ1v) is 18.6. The molecule has 16 heteroatoms. The number of carbonyl (C=O) groups is 6. The van der Waals surface area contributed by atoms with Crippen molar-refractivity contribution in [3.8, 4) is 0 Å². The first-order valence-electron chi connectivity index (χ1n) is 18.6. The van der Waals surface area contributed by atoms with Crippen LogP contribution in [-0.2, 0) is 36.1 Å². The number of nitrogens with zero attached hydrogens (tertiary/aromatic N) is 4. The summed E-state index contributed by atoms with van der Waals surface area (Å²) in [5.74, 6) is -4.15. The molecule has 0 radical (unpaired) electrons. The van der Waals surface area contributed by atoms with E-state index < -0.39 is 71.3 Å². The molecule has 56 heavy (non-hydrogen) atoms. The number of hydrogen-bond acceptors (Lipinski definition) is 10. The van der Waals surface area contributed by atoms with Crippen LogP contribution in [0, 0.1) is 0 Å². The van der Waals surface area contributed by atoms with Gasteiger partial charge in [0.25, 0.3) is 11.8 Å². The Kier molecular flexibility index (Phi) is 11.8. The van der Waals surface area contributed by atoms with E-state index >= 15 is 0 Å². The van der Waals surface area contributed by atoms with Crippen LogP contribution in [0.3, 0.4) is 0 Å². The van der Waals surface area contributed by atoms with Crippen molar-refractivity contribution in [3.05, 3.63) is 95.8 Å². The van der Waals surface area contributed by atoms with E-state index in [2.05, 4.69) is 26.3 Å². The first kappa shape index (κ1) is 39.5. The number of Topliss-reactive ketones (excluding diaryl/α,β-unsaturated/α-hetero) is 1. The molecule has 16 nitrogen and oxygen atoms in total. The second-order valence-electron chi connectivity index (χ2n) is 14.9. The van der Waals surface area contributed by atoms with Crippen molar-refractivity contribution < 1.29 is 38.6 Å². The number of fused-ring (bicyclic) bond motifs is 1. The summed E-state index contributed by atoms with van der Waals surface area (Å²) < 4.78 is 6.81. The van der Waals surface area contributed by atoms with E-state index in [4.69, 9.17) is 10.5 Å². The Bertz CT molecular complexity index is 2110. The van der Waals surface area contributed by atoms with Crippen LogP contribution >= 0.6 is 0 Å². The number of ether oxygens (including phenoxy) is 1. The average molecular weight is 767 g/mol. The SMILES string of the molecule is CC(C)(O)c1cnnn1[C@H]1C[C@@H](C(=O)NC2(C(=O)C(N)=O)CCCCC2)N(C(=O)[C@@H](CNC(=O)OCc2ccccc2)NC(=O)c2ccc3ccccc3c2)C1. The number of nitrogens with two attached hydrogens (primary N) is 1. The first-order chi connectivity index (χ1) is 26.8. The standard InChI is InChI=1S/C40H46N8O8/c1-39(2,55)32-22-43-46-48(32)29-20-31(36(52)45-40(33(49)34(41)50)17-9-4-10-18-40)47(23-29)37(53)30(21-42-38(54)56-24-25-11-5-3-6-12-25)44-35(51)28-16-15-26-13-7-8-14-27(26)19-28/h3,5-8,11-16,19,22,29-31,55H,4,9-10,17-18,20-21,23-24H2,1-2H3,(H2,41,50)(H,42,54)(H,44,51)(H,45,52)/t29-,30+,31-/m0/s1. The summed E-state index contributed by atoms with van der Waals surface area (Å²) >= 11 is 0. The number of hydrogen-bond donors (Lipinski definition) is 5. The number of carbonyl (C=O) groups excluding carboxylic acids is 6. The number of amides is 5. The van der Waals surface area contributed by atoms with E-state index in [1.165, 1.54) is 15.8 Å². The normalized spacial score (nSPS) is 18.4. The van der Waals surface area contributed by atoms with Gasteiger partial charge in [0.1, 0.15) is 29.8 Å². The molecule has 2 fully saturated rings. The lowest BCUT2D eigenvalue weighted by atomic mass is 9.78. The van der Waals surface area contributed by atoms with Crippen molar-refractivity contribution in [2.45, 2.75) is 88.2 Å². The fourth-order valence-electron chi connectivity index (χ4n) is 7.49. The molecule has 0 spiro atoms. The van der Waals surface area contributed by atoms with E-state index in [0.717, 1.165) is 22.8 Å². The largest absolute Gasteiger partial charge is 0.445 e. The molecule has 0 bridgehead atoms.